The van der Waals surface area contributed by atoms with Crippen molar-refractivity contribution in [1.29, 1.82) is 5.26 Å². The smallest absolute Gasteiger partial charge is 0.0991 e. The van der Waals surface area contributed by atoms with Gasteiger partial charge in [0.2, 0.25) is 0 Å². The molecule has 0 fully saturated rings. The van der Waals surface area contributed by atoms with Crippen LogP contribution >= 0.6 is 15.9 Å². The SMILES string of the molecule is CC.CC/C=C/C=C(C#N)\C=C(/C)CCC.C\C=C(Br)/C(=C(/C)CCC)C(/C)=N/C=C/CC. The van der Waals surface area contributed by atoms with Gasteiger partial charge in [-0.15, -0.1) is 0 Å². The summed E-state index contributed by atoms with van der Waals surface area (Å²) in [5.41, 5.74) is 5.72. The summed E-state index contributed by atoms with van der Waals surface area (Å²) < 4.78 is 1.13. The van der Waals surface area contributed by atoms with E-state index in [1.54, 1.807) is 0 Å². The third-order valence-corrected chi connectivity index (χ3v) is 5.19. The Morgan fingerprint density at radius 2 is 1.52 bits per heavy atom. The van der Waals surface area contributed by atoms with Crippen molar-refractivity contribution in [3.63, 3.8) is 0 Å². The lowest BCUT2D eigenvalue weighted by Crippen LogP contribution is -2.01. The molecule has 0 saturated carbocycles. The summed E-state index contributed by atoms with van der Waals surface area (Å²) >= 11 is 3.62. The standard InChI is InChI=1S/C15H24BrN.C13H19N.C2H6/c1-6-9-11-17-13(5)15(14(16)8-3)12(4)10-7-2;1-4-6-7-9-13(11-14)10-12(3)8-5-2;1-2/h8-9,11H,6-7,10H2,1-5H3;6-7,9-10H,4-5,8H2,1-3H3;1-2H3/b11-9+,14-8+,15-12-,17-13+;7-6+,12-10+,13-9+;. The van der Waals surface area contributed by atoms with Crippen LogP contribution < -0.4 is 0 Å². The molecule has 0 heterocycles. The quantitative estimate of drug-likeness (QED) is 0.152. The van der Waals surface area contributed by atoms with Crippen LogP contribution in [0.1, 0.15) is 108 Å². The van der Waals surface area contributed by atoms with Gasteiger partial charge in [-0.25, -0.2) is 0 Å². The van der Waals surface area contributed by atoms with Gasteiger partial charge < -0.3 is 0 Å². The number of aliphatic imine (C=N–C) groups is 1. The van der Waals surface area contributed by atoms with Crippen molar-refractivity contribution in [2.24, 2.45) is 4.99 Å². The van der Waals surface area contributed by atoms with Gasteiger partial charge in [-0.05, 0) is 65.5 Å². The van der Waals surface area contributed by atoms with Crippen molar-refractivity contribution in [3.8, 4) is 6.07 Å². The molecule has 0 aromatic heterocycles. The highest BCUT2D eigenvalue weighted by molar-refractivity contribution is 9.12. The maximum atomic E-state index is 8.85. The van der Waals surface area contributed by atoms with Crippen LogP contribution in [0.5, 0.6) is 0 Å². The third kappa shape index (κ3) is 20.4. The Morgan fingerprint density at radius 3 is 1.97 bits per heavy atom. The number of halogens is 1. The highest BCUT2D eigenvalue weighted by Gasteiger charge is 2.08. The Bertz CT molecular complexity index is 751. The highest BCUT2D eigenvalue weighted by Crippen LogP contribution is 2.25. The summed E-state index contributed by atoms with van der Waals surface area (Å²) in [5.74, 6) is 0. The third-order valence-electron chi connectivity index (χ3n) is 4.34. The van der Waals surface area contributed by atoms with Gasteiger partial charge in [-0.2, -0.15) is 5.26 Å². The summed E-state index contributed by atoms with van der Waals surface area (Å²) in [7, 11) is 0. The first-order valence-electron chi connectivity index (χ1n) is 12.5. The molecular formula is C30H49BrN2. The van der Waals surface area contributed by atoms with E-state index in [4.69, 9.17) is 5.26 Å². The van der Waals surface area contributed by atoms with E-state index in [0.717, 1.165) is 54.3 Å². The Kier molecular flexibility index (Phi) is 28.5. The Hall–Kier alpha value is -1.92. The first-order valence-corrected chi connectivity index (χ1v) is 13.3. The molecule has 2 nitrogen and oxygen atoms in total. The second-order valence-electron chi connectivity index (χ2n) is 7.36. The minimum absolute atomic E-state index is 0.737. The zero-order chi connectivity index (χ0) is 26.1. The predicted octanol–water partition coefficient (Wildman–Crippen LogP) is 11.0. The molecule has 0 atom stereocenters. The van der Waals surface area contributed by atoms with Crippen molar-refractivity contribution < 1.29 is 0 Å². The van der Waals surface area contributed by atoms with Gasteiger partial charge in [0, 0.05) is 22.0 Å². The summed E-state index contributed by atoms with van der Waals surface area (Å²) in [5, 5.41) is 8.85. The first kappa shape index (κ1) is 35.7. The van der Waals surface area contributed by atoms with Crippen LogP contribution in [0, 0.1) is 11.3 Å². The van der Waals surface area contributed by atoms with Gasteiger partial charge in [-0.1, -0.05) is 106 Å². The van der Waals surface area contributed by atoms with E-state index in [1.807, 2.05) is 51.3 Å². The molecule has 0 aliphatic heterocycles. The molecule has 0 aromatic rings. The van der Waals surface area contributed by atoms with Crippen LogP contribution in [-0.4, -0.2) is 5.71 Å². The topological polar surface area (TPSA) is 36.1 Å². The molecule has 0 aliphatic carbocycles. The molecule has 0 unspecified atom stereocenters. The lowest BCUT2D eigenvalue weighted by Gasteiger charge is -2.11. The zero-order valence-corrected chi connectivity index (χ0v) is 24.6. The van der Waals surface area contributed by atoms with Gasteiger partial charge >= 0.3 is 0 Å². The molecule has 0 aliphatic rings. The van der Waals surface area contributed by atoms with Gasteiger partial charge in [0.25, 0.3) is 0 Å². The lowest BCUT2D eigenvalue weighted by atomic mass is 10.0. The fourth-order valence-corrected chi connectivity index (χ4v) is 3.45. The van der Waals surface area contributed by atoms with E-state index < -0.39 is 0 Å². The monoisotopic (exact) mass is 516 g/mol. The molecule has 0 amide bonds. The minimum atomic E-state index is 0.737. The molecule has 0 saturated heterocycles. The second kappa shape index (κ2) is 26.3. The molecule has 0 bridgehead atoms. The summed E-state index contributed by atoms with van der Waals surface area (Å²) in [4.78, 5) is 4.49. The lowest BCUT2D eigenvalue weighted by molar-refractivity contribution is 0.901. The maximum absolute atomic E-state index is 8.85. The largest absolute Gasteiger partial charge is 0.261 e. The van der Waals surface area contributed by atoms with Crippen LogP contribution in [0.25, 0.3) is 0 Å². The summed E-state index contributed by atoms with van der Waals surface area (Å²) in [6, 6.07) is 2.18. The second-order valence-corrected chi connectivity index (χ2v) is 8.21. The summed E-state index contributed by atoms with van der Waals surface area (Å²) in [6.45, 7) is 20.9. The van der Waals surface area contributed by atoms with Crippen molar-refractivity contribution in [1.82, 2.24) is 0 Å². The molecule has 0 spiro atoms. The van der Waals surface area contributed by atoms with Crippen molar-refractivity contribution in [2.75, 3.05) is 0 Å². The van der Waals surface area contributed by atoms with E-state index in [9.17, 15) is 0 Å². The van der Waals surface area contributed by atoms with Crippen LogP contribution in [0.15, 0.2) is 74.4 Å². The normalized spacial score (nSPS) is 13.8. The maximum Gasteiger partial charge on any atom is 0.0991 e. The molecular weight excluding hydrogens is 468 g/mol. The van der Waals surface area contributed by atoms with Gasteiger partial charge in [-0.3, -0.25) is 4.99 Å². The van der Waals surface area contributed by atoms with E-state index in [-0.39, 0.29) is 0 Å². The van der Waals surface area contributed by atoms with E-state index in [2.05, 4.69) is 87.6 Å². The molecule has 0 N–H and O–H groups in total. The van der Waals surface area contributed by atoms with Crippen LogP contribution in [0.4, 0.5) is 0 Å². The number of nitrogens with zero attached hydrogens (tertiary/aromatic N) is 2. The Morgan fingerprint density at radius 1 is 0.939 bits per heavy atom. The van der Waals surface area contributed by atoms with Crippen molar-refractivity contribution in [3.05, 3.63) is 69.4 Å². The fraction of sp³-hybridized carbons (Fsp3) is 0.533. The number of hydrogen-bond acceptors (Lipinski definition) is 2. The average Bonchev–Trinajstić information content (AvgIpc) is 2.80. The van der Waals surface area contributed by atoms with E-state index in [0.29, 0.717) is 0 Å². The van der Waals surface area contributed by atoms with Crippen LogP contribution in [-0.2, 0) is 0 Å². The van der Waals surface area contributed by atoms with E-state index >= 15 is 0 Å². The van der Waals surface area contributed by atoms with E-state index in [1.165, 1.54) is 16.7 Å². The number of hydrogen-bond donors (Lipinski definition) is 0. The molecule has 0 rings (SSSR count). The predicted molar refractivity (Wildman–Crippen MR) is 156 cm³/mol. The average molecular weight is 518 g/mol. The first-order chi connectivity index (χ1) is 15.8. The highest BCUT2D eigenvalue weighted by atomic mass is 79.9. The Balaban J connectivity index is -0.000000515. The molecule has 0 radical (unpaired) electrons. The van der Waals surface area contributed by atoms with Crippen molar-refractivity contribution >= 4 is 21.6 Å². The van der Waals surface area contributed by atoms with Crippen LogP contribution in [0.2, 0.25) is 0 Å². The van der Waals surface area contributed by atoms with Crippen LogP contribution in [0.3, 0.4) is 0 Å². The minimum Gasteiger partial charge on any atom is -0.261 e. The zero-order valence-electron chi connectivity index (χ0n) is 23.1. The molecule has 3 heteroatoms. The van der Waals surface area contributed by atoms with Gasteiger partial charge in [0.1, 0.15) is 0 Å². The van der Waals surface area contributed by atoms with Gasteiger partial charge in [0.15, 0.2) is 0 Å². The summed E-state index contributed by atoms with van der Waals surface area (Å²) in [6.07, 6.45) is 20.4. The number of nitriles is 1. The molecule has 33 heavy (non-hydrogen) atoms. The number of allylic oxidation sites excluding steroid dienone is 11. The Labute approximate surface area is 214 Å². The number of rotatable bonds is 11. The molecule has 0 aromatic carbocycles. The molecule has 186 valence electrons. The van der Waals surface area contributed by atoms with Crippen molar-refractivity contribution in [2.45, 2.75) is 108 Å². The van der Waals surface area contributed by atoms with Gasteiger partial charge in [0.05, 0.1) is 11.6 Å². The fourth-order valence-electron chi connectivity index (χ4n) is 2.82.